The third kappa shape index (κ3) is 1.62. The minimum Gasteiger partial charge on any atom is -0.347 e. The number of thioether (sulfide) groups is 2. The Morgan fingerprint density at radius 1 is 1.25 bits per heavy atom. The van der Waals surface area contributed by atoms with E-state index in [1.54, 1.807) is 0 Å². The third-order valence-corrected chi connectivity index (χ3v) is 4.62. The second kappa shape index (κ2) is 3.78. The van der Waals surface area contributed by atoms with Gasteiger partial charge in [0.15, 0.2) is 5.79 Å². The quantitative estimate of drug-likeness (QED) is 0.599. The highest BCUT2D eigenvalue weighted by Crippen LogP contribution is 2.37. The van der Waals surface area contributed by atoms with Crippen LogP contribution in [0.4, 0.5) is 0 Å². The van der Waals surface area contributed by atoms with Crippen molar-refractivity contribution in [3.05, 3.63) is 0 Å². The Morgan fingerprint density at radius 3 is 2.67 bits per heavy atom. The smallest absolute Gasteiger partial charge is 0.189 e. The molecular weight excluding hydrogens is 192 g/mol. The highest BCUT2D eigenvalue weighted by molar-refractivity contribution is 8.00. The summed E-state index contributed by atoms with van der Waals surface area (Å²) < 4.78 is 11.5. The third-order valence-electron chi connectivity index (χ3n) is 2.29. The van der Waals surface area contributed by atoms with Crippen molar-refractivity contribution >= 4 is 23.5 Å². The zero-order valence-electron chi connectivity index (χ0n) is 7.25. The molecule has 0 aromatic rings. The van der Waals surface area contributed by atoms with Crippen LogP contribution < -0.4 is 0 Å². The van der Waals surface area contributed by atoms with Crippen molar-refractivity contribution in [3.8, 4) is 0 Å². The van der Waals surface area contributed by atoms with E-state index in [2.05, 4.69) is 6.92 Å². The van der Waals surface area contributed by atoms with E-state index in [0.717, 1.165) is 30.5 Å². The molecule has 2 aliphatic heterocycles. The number of rotatable bonds is 0. The van der Waals surface area contributed by atoms with E-state index < -0.39 is 0 Å². The van der Waals surface area contributed by atoms with E-state index in [1.165, 1.54) is 0 Å². The fourth-order valence-corrected chi connectivity index (χ4v) is 3.69. The maximum absolute atomic E-state index is 5.75. The molecule has 2 aliphatic rings. The molecule has 0 saturated carbocycles. The molecule has 0 N–H and O–H groups in total. The molecule has 2 fully saturated rings. The Hall–Kier alpha value is 0.620. The highest BCUT2D eigenvalue weighted by Gasteiger charge is 2.42. The summed E-state index contributed by atoms with van der Waals surface area (Å²) in [7, 11) is 0. The van der Waals surface area contributed by atoms with Crippen LogP contribution in [0.5, 0.6) is 0 Å². The standard InChI is InChI=1S/C8H14O2S2/c1-7-8(10-3-5-12-7)6-11-4-2-9-8/h7H,2-6H2,1H3. The SMILES string of the molecule is CC1SCCOC12CSCCO2. The Morgan fingerprint density at radius 2 is 2.00 bits per heavy atom. The molecule has 1 spiro atoms. The zero-order chi connectivity index (χ0) is 8.44. The average Bonchev–Trinajstić information content (AvgIpc) is 2.12. The van der Waals surface area contributed by atoms with Gasteiger partial charge in [-0.2, -0.15) is 23.5 Å². The van der Waals surface area contributed by atoms with Gasteiger partial charge in [0.25, 0.3) is 0 Å². The maximum Gasteiger partial charge on any atom is 0.189 e. The summed E-state index contributed by atoms with van der Waals surface area (Å²) in [5.41, 5.74) is 0. The van der Waals surface area contributed by atoms with Crippen molar-refractivity contribution in [2.24, 2.45) is 0 Å². The Bertz CT molecular complexity index is 149. The Kier molecular flexibility index (Phi) is 2.89. The van der Waals surface area contributed by atoms with Gasteiger partial charge in [0.1, 0.15) is 0 Å². The Balaban J connectivity index is 2.04. The topological polar surface area (TPSA) is 18.5 Å². The van der Waals surface area contributed by atoms with Crippen LogP contribution >= 0.6 is 23.5 Å². The van der Waals surface area contributed by atoms with Crippen molar-refractivity contribution in [2.75, 3.05) is 30.5 Å². The van der Waals surface area contributed by atoms with Crippen LogP contribution in [0.15, 0.2) is 0 Å². The Labute approximate surface area is 81.8 Å². The van der Waals surface area contributed by atoms with Gasteiger partial charge in [-0.05, 0) is 6.92 Å². The normalized spacial score (nSPS) is 43.2. The first-order valence-corrected chi connectivity index (χ1v) is 6.51. The zero-order valence-corrected chi connectivity index (χ0v) is 8.88. The molecular formula is C8H14O2S2. The molecule has 0 bridgehead atoms. The molecule has 0 aromatic heterocycles. The highest BCUT2D eigenvalue weighted by atomic mass is 32.2. The number of ether oxygens (including phenoxy) is 2. The molecule has 0 aliphatic carbocycles. The van der Waals surface area contributed by atoms with Crippen molar-refractivity contribution in [1.29, 1.82) is 0 Å². The largest absolute Gasteiger partial charge is 0.347 e. The van der Waals surface area contributed by atoms with Crippen LogP contribution in [0.1, 0.15) is 6.92 Å². The van der Waals surface area contributed by atoms with Crippen molar-refractivity contribution in [1.82, 2.24) is 0 Å². The van der Waals surface area contributed by atoms with Gasteiger partial charge in [-0.25, -0.2) is 0 Å². The first-order chi connectivity index (χ1) is 5.83. The lowest BCUT2D eigenvalue weighted by molar-refractivity contribution is -0.220. The lowest BCUT2D eigenvalue weighted by atomic mass is 10.2. The summed E-state index contributed by atoms with van der Waals surface area (Å²) in [5, 5.41) is 0.485. The van der Waals surface area contributed by atoms with Crippen molar-refractivity contribution in [3.63, 3.8) is 0 Å². The predicted octanol–water partition coefficient (Wildman–Crippen LogP) is 1.60. The first-order valence-electron chi connectivity index (χ1n) is 4.31. The molecule has 12 heavy (non-hydrogen) atoms. The first kappa shape index (κ1) is 9.19. The van der Waals surface area contributed by atoms with Gasteiger partial charge in [-0.3, -0.25) is 0 Å². The minimum atomic E-state index is -0.258. The van der Waals surface area contributed by atoms with Crippen LogP contribution in [0.3, 0.4) is 0 Å². The van der Waals surface area contributed by atoms with Crippen LogP contribution in [-0.2, 0) is 9.47 Å². The second-order valence-corrected chi connectivity index (χ2v) is 5.63. The van der Waals surface area contributed by atoms with E-state index in [0.29, 0.717) is 5.25 Å². The molecule has 0 aromatic carbocycles. The van der Waals surface area contributed by atoms with E-state index in [-0.39, 0.29) is 5.79 Å². The molecule has 0 amide bonds. The van der Waals surface area contributed by atoms with E-state index in [4.69, 9.17) is 9.47 Å². The lowest BCUT2D eigenvalue weighted by Gasteiger charge is -2.43. The molecule has 2 nitrogen and oxygen atoms in total. The van der Waals surface area contributed by atoms with Crippen LogP contribution in [0, 0.1) is 0 Å². The summed E-state index contributed by atoms with van der Waals surface area (Å²) in [4.78, 5) is 0. The van der Waals surface area contributed by atoms with Gasteiger partial charge in [0.05, 0.1) is 18.5 Å². The number of hydrogen-bond donors (Lipinski definition) is 0. The van der Waals surface area contributed by atoms with Gasteiger partial charge in [0.2, 0.25) is 0 Å². The van der Waals surface area contributed by atoms with E-state index in [9.17, 15) is 0 Å². The van der Waals surface area contributed by atoms with Crippen LogP contribution in [0.25, 0.3) is 0 Å². The van der Waals surface area contributed by atoms with Gasteiger partial charge < -0.3 is 9.47 Å². The van der Waals surface area contributed by atoms with Crippen LogP contribution in [0.2, 0.25) is 0 Å². The molecule has 4 heteroatoms. The predicted molar refractivity (Wildman–Crippen MR) is 53.9 cm³/mol. The molecule has 2 rings (SSSR count). The van der Waals surface area contributed by atoms with Gasteiger partial charge in [-0.1, -0.05) is 0 Å². The summed E-state index contributed by atoms with van der Waals surface area (Å²) >= 11 is 3.90. The second-order valence-electron chi connectivity index (χ2n) is 3.07. The summed E-state index contributed by atoms with van der Waals surface area (Å²) in [6, 6.07) is 0. The molecule has 2 heterocycles. The van der Waals surface area contributed by atoms with Gasteiger partial charge >= 0.3 is 0 Å². The molecule has 2 unspecified atom stereocenters. The van der Waals surface area contributed by atoms with Gasteiger partial charge in [0, 0.05) is 17.3 Å². The monoisotopic (exact) mass is 206 g/mol. The van der Waals surface area contributed by atoms with E-state index in [1.807, 2.05) is 23.5 Å². The average molecular weight is 206 g/mol. The fraction of sp³-hybridized carbons (Fsp3) is 1.00. The van der Waals surface area contributed by atoms with Crippen molar-refractivity contribution in [2.45, 2.75) is 18.0 Å². The summed E-state index contributed by atoms with van der Waals surface area (Å²) in [6.45, 7) is 3.89. The maximum atomic E-state index is 5.75. The molecule has 2 saturated heterocycles. The van der Waals surface area contributed by atoms with E-state index >= 15 is 0 Å². The molecule has 70 valence electrons. The van der Waals surface area contributed by atoms with Crippen LogP contribution in [-0.4, -0.2) is 41.5 Å². The molecule has 0 radical (unpaired) electrons. The molecule has 2 atom stereocenters. The number of hydrogen-bond acceptors (Lipinski definition) is 4. The fourth-order valence-electron chi connectivity index (χ4n) is 1.53. The lowest BCUT2D eigenvalue weighted by Crippen LogP contribution is -2.52. The summed E-state index contributed by atoms with van der Waals surface area (Å²) in [6.07, 6.45) is 0. The summed E-state index contributed by atoms with van der Waals surface area (Å²) in [5.74, 6) is 2.96. The van der Waals surface area contributed by atoms with Gasteiger partial charge in [-0.15, -0.1) is 0 Å². The van der Waals surface area contributed by atoms with Crippen molar-refractivity contribution < 1.29 is 9.47 Å². The minimum absolute atomic E-state index is 0.258.